The van der Waals surface area contributed by atoms with E-state index in [-0.39, 0.29) is 5.91 Å². The Labute approximate surface area is 170 Å². The van der Waals surface area contributed by atoms with Crippen molar-refractivity contribution in [3.63, 3.8) is 0 Å². The number of rotatable bonds is 6. The lowest BCUT2D eigenvalue weighted by Gasteiger charge is -2.37. The van der Waals surface area contributed by atoms with Crippen LogP contribution in [0.1, 0.15) is 28.9 Å². The van der Waals surface area contributed by atoms with E-state index in [9.17, 15) is 4.79 Å². The van der Waals surface area contributed by atoms with Crippen LogP contribution in [0.5, 0.6) is 5.75 Å². The van der Waals surface area contributed by atoms with Gasteiger partial charge in [0.15, 0.2) is 17.3 Å². The van der Waals surface area contributed by atoms with Gasteiger partial charge in [-0.1, -0.05) is 12.1 Å². The fourth-order valence-corrected chi connectivity index (χ4v) is 3.68. The average molecular weight is 398 g/mol. The number of hydrogen-bond donors (Lipinski definition) is 1. The summed E-state index contributed by atoms with van der Waals surface area (Å²) in [4.78, 5) is 14.5. The zero-order valence-corrected chi connectivity index (χ0v) is 16.6. The third-order valence-corrected chi connectivity index (χ3v) is 5.40. The first-order chi connectivity index (χ1) is 14.2. The molecule has 2 aromatic rings. The third kappa shape index (κ3) is 4.65. The van der Waals surface area contributed by atoms with Gasteiger partial charge in [0, 0.05) is 32.5 Å². The Hall–Kier alpha value is -2.71. The minimum absolute atomic E-state index is 0.220. The summed E-state index contributed by atoms with van der Waals surface area (Å²) in [5, 5.41) is 11.2. The number of methoxy groups -OCH3 is 1. The zero-order chi connectivity index (χ0) is 20.1. The van der Waals surface area contributed by atoms with E-state index in [1.54, 1.807) is 13.2 Å². The lowest BCUT2D eigenvalue weighted by Crippen LogP contribution is -2.45. The molecule has 8 heteroatoms. The fraction of sp³-hybridized carbons (Fsp3) is 0.476. The van der Waals surface area contributed by atoms with Crippen molar-refractivity contribution < 1.29 is 19.0 Å². The van der Waals surface area contributed by atoms with Crippen molar-refractivity contribution in [3.05, 3.63) is 47.7 Å². The van der Waals surface area contributed by atoms with Crippen LogP contribution in [-0.4, -0.2) is 61.8 Å². The van der Waals surface area contributed by atoms with Crippen molar-refractivity contribution in [3.8, 4) is 5.75 Å². The normalized spacial score (nSPS) is 18.0. The zero-order valence-electron chi connectivity index (χ0n) is 16.6. The Morgan fingerprint density at radius 3 is 2.45 bits per heavy atom. The van der Waals surface area contributed by atoms with Crippen molar-refractivity contribution in [1.29, 1.82) is 0 Å². The van der Waals surface area contributed by atoms with Gasteiger partial charge in [-0.15, -0.1) is 10.2 Å². The monoisotopic (exact) mass is 398 g/mol. The number of ether oxygens (including phenoxy) is 3. The summed E-state index contributed by atoms with van der Waals surface area (Å²) in [6.45, 7) is 3.46. The predicted octanol–water partition coefficient (Wildman–Crippen LogP) is 1.80. The van der Waals surface area contributed by atoms with Gasteiger partial charge in [0.1, 0.15) is 5.75 Å². The number of benzene rings is 1. The van der Waals surface area contributed by atoms with E-state index < -0.39 is 5.79 Å². The van der Waals surface area contributed by atoms with Crippen LogP contribution in [0, 0.1) is 0 Å². The number of aromatic nitrogens is 2. The molecular weight excluding hydrogens is 372 g/mol. The minimum atomic E-state index is -0.409. The first kappa shape index (κ1) is 19.6. The molecule has 29 heavy (non-hydrogen) atoms. The lowest BCUT2D eigenvalue weighted by molar-refractivity contribution is -0.169. The number of carbonyl (C=O) groups is 1. The fourth-order valence-electron chi connectivity index (χ4n) is 3.68. The smallest absolute Gasteiger partial charge is 0.271 e. The number of hydrogen-bond acceptors (Lipinski definition) is 7. The van der Waals surface area contributed by atoms with Gasteiger partial charge < -0.3 is 24.4 Å². The van der Waals surface area contributed by atoms with Crippen molar-refractivity contribution >= 4 is 11.7 Å². The van der Waals surface area contributed by atoms with Crippen molar-refractivity contribution in [2.75, 3.05) is 44.9 Å². The van der Waals surface area contributed by atoms with Crippen molar-refractivity contribution in [2.24, 2.45) is 0 Å². The van der Waals surface area contributed by atoms with Gasteiger partial charge in [0.2, 0.25) is 0 Å². The van der Waals surface area contributed by atoms with Crippen molar-refractivity contribution in [1.82, 2.24) is 15.5 Å². The van der Waals surface area contributed by atoms with Crippen LogP contribution >= 0.6 is 0 Å². The van der Waals surface area contributed by atoms with E-state index in [0.717, 1.165) is 49.5 Å². The van der Waals surface area contributed by atoms with E-state index in [4.69, 9.17) is 14.2 Å². The highest BCUT2D eigenvalue weighted by Crippen LogP contribution is 2.32. The van der Waals surface area contributed by atoms with Crippen LogP contribution in [0.3, 0.4) is 0 Å². The quantitative estimate of drug-likeness (QED) is 0.794. The molecule has 3 heterocycles. The van der Waals surface area contributed by atoms with Crippen LogP contribution in [0.25, 0.3) is 0 Å². The molecule has 0 atom stereocenters. The maximum Gasteiger partial charge on any atom is 0.271 e. The lowest BCUT2D eigenvalue weighted by atomic mass is 10.0. The number of nitrogens with zero attached hydrogens (tertiary/aromatic N) is 3. The molecule has 1 amide bonds. The highest BCUT2D eigenvalue weighted by Gasteiger charge is 2.40. The minimum Gasteiger partial charge on any atom is -0.497 e. The van der Waals surface area contributed by atoms with Gasteiger partial charge in [-0.2, -0.15) is 0 Å². The van der Waals surface area contributed by atoms with Crippen LogP contribution in [-0.2, 0) is 15.9 Å². The summed E-state index contributed by atoms with van der Waals surface area (Å²) in [5.41, 5.74) is 1.45. The molecule has 1 aromatic heterocycles. The molecule has 1 spiro atoms. The molecule has 0 radical (unpaired) electrons. The van der Waals surface area contributed by atoms with Gasteiger partial charge in [-0.25, -0.2) is 0 Å². The van der Waals surface area contributed by atoms with Crippen LogP contribution < -0.4 is 15.0 Å². The molecule has 154 valence electrons. The molecule has 2 saturated heterocycles. The van der Waals surface area contributed by atoms with E-state index >= 15 is 0 Å². The van der Waals surface area contributed by atoms with Gasteiger partial charge >= 0.3 is 0 Å². The topological polar surface area (TPSA) is 85.8 Å². The first-order valence-corrected chi connectivity index (χ1v) is 9.95. The summed E-state index contributed by atoms with van der Waals surface area (Å²) in [7, 11) is 1.64. The number of nitrogens with one attached hydrogen (secondary N) is 1. The molecule has 4 rings (SSSR count). The van der Waals surface area contributed by atoms with E-state index in [1.807, 2.05) is 30.3 Å². The Morgan fingerprint density at radius 1 is 1.10 bits per heavy atom. The number of amides is 1. The second kappa shape index (κ2) is 8.75. The van der Waals surface area contributed by atoms with E-state index in [2.05, 4.69) is 20.4 Å². The second-order valence-corrected chi connectivity index (χ2v) is 7.23. The highest BCUT2D eigenvalue weighted by molar-refractivity contribution is 5.92. The van der Waals surface area contributed by atoms with Crippen LogP contribution in [0.4, 0.5) is 5.82 Å². The molecule has 2 aliphatic rings. The highest BCUT2D eigenvalue weighted by atomic mass is 16.7. The van der Waals surface area contributed by atoms with Gasteiger partial charge in [0.25, 0.3) is 5.91 Å². The summed E-state index contributed by atoms with van der Waals surface area (Å²) >= 11 is 0. The molecule has 2 fully saturated rings. The Bertz CT molecular complexity index is 810. The molecule has 1 N–H and O–H groups in total. The molecule has 0 saturated carbocycles. The largest absolute Gasteiger partial charge is 0.497 e. The summed E-state index contributed by atoms with van der Waals surface area (Å²) in [6, 6.07) is 11.4. The summed E-state index contributed by atoms with van der Waals surface area (Å²) < 4.78 is 16.7. The van der Waals surface area contributed by atoms with E-state index in [0.29, 0.717) is 25.5 Å². The Morgan fingerprint density at radius 2 is 1.83 bits per heavy atom. The van der Waals surface area contributed by atoms with Crippen molar-refractivity contribution in [2.45, 2.75) is 25.0 Å². The molecule has 1 aromatic carbocycles. The first-order valence-electron chi connectivity index (χ1n) is 9.95. The number of piperidine rings is 1. The summed E-state index contributed by atoms with van der Waals surface area (Å²) in [5.74, 6) is 0.962. The molecule has 0 unspecified atom stereocenters. The van der Waals surface area contributed by atoms with Crippen LogP contribution in [0.2, 0.25) is 0 Å². The molecule has 2 aliphatic heterocycles. The summed E-state index contributed by atoms with van der Waals surface area (Å²) in [6.07, 6.45) is 2.35. The van der Waals surface area contributed by atoms with Gasteiger partial charge in [-0.05, 0) is 36.2 Å². The molecular formula is C21H26N4O4. The number of anilines is 1. The Kier molecular flexibility index (Phi) is 5.92. The maximum atomic E-state index is 12.3. The number of carbonyl (C=O) groups excluding carboxylic acids is 1. The molecule has 0 bridgehead atoms. The second-order valence-electron chi connectivity index (χ2n) is 7.23. The van der Waals surface area contributed by atoms with Gasteiger partial charge in [0.05, 0.1) is 20.3 Å². The molecule has 0 aliphatic carbocycles. The SMILES string of the molecule is COc1ccc(CCNC(=O)c2ccc(N3CCC4(CC3)OCCO4)nn2)cc1. The maximum absolute atomic E-state index is 12.3. The van der Waals surface area contributed by atoms with Crippen LogP contribution in [0.15, 0.2) is 36.4 Å². The third-order valence-electron chi connectivity index (χ3n) is 5.40. The molecule has 8 nitrogen and oxygen atoms in total. The standard InChI is InChI=1S/C21H26N4O4/c1-27-17-4-2-16(3-5-17)8-11-22-20(26)18-6-7-19(24-23-18)25-12-9-21(10-13-25)28-14-15-29-21/h2-7H,8-15H2,1H3,(H,22,26). The van der Waals surface area contributed by atoms with Gasteiger partial charge in [-0.3, -0.25) is 4.79 Å². The average Bonchev–Trinajstić information content (AvgIpc) is 3.23. The Balaban J connectivity index is 1.25. The van der Waals surface area contributed by atoms with E-state index in [1.165, 1.54) is 0 Å². The predicted molar refractivity (Wildman–Crippen MR) is 107 cm³/mol.